The first-order valence-corrected chi connectivity index (χ1v) is 8.95. The standard InChI is InChI=1S/C19H28FN3O/c1-14-12-23(15(2)17-6-4-5-7-18(17)20)13-19(14)22-10-8-21(9-11-22)16(3)24/h4-7,14-15,19H,8-13H2,1-3H3/t14-,15+,19-/m1/s1. The Balaban J connectivity index is 1.63. The number of halogens is 1. The largest absolute Gasteiger partial charge is 0.340 e. The van der Waals surface area contributed by atoms with Crippen LogP contribution in [0.25, 0.3) is 0 Å². The van der Waals surface area contributed by atoms with Gasteiger partial charge in [0.05, 0.1) is 0 Å². The van der Waals surface area contributed by atoms with Crippen LogP contribution in [0, 0.1) is 11.7 Å². The van der Waals surface area contributed by atoms with Crippen LogP contribution < -0.4 is 0 Å². The van der Waals surface area contributed by atoms with Crippen molar-refractivity contribution in [2.75, 3.05) is 39.3 Å². The fourth-order valence-corrected chi connectivity index (χ4v) is 4.16. The first-order valence-electron chi connectivity index (χ1n) is 8.95. The van der Waals surface area contributed by atoms with E-state index in [2.05, 4.69) is 23.6 Å². The van der Waals surface area contributed by atoms with Crippen molar-refractivity contribution >= 4 is 5.91 Å². The quantitative estimate of drug-likeness (QED) is 0.850. The lowest BCUT2D eigenvalue weighted by atomic mass is 10.0. The second-order valence-corrected chi connectivity index (χ2v) is 7.24. The van der Waals surface area contributed by atoms with E-state index in [4.69, 9.17) is 0 Å². The van der Waals surface area contributed by atoms with Crippen LogP contribution in [0.4, 0.5) is 4.39 Å². The first kappa shape index (κ1) is 17.4. The minimum absolute atomic E-state index is 0.0946. The van der Waals surface area contributed by atoms with Gasteiger partial charge < -0.3 is 4.90 Å². The van der Waals surface area contributed by atoms with Crippen molar-refractivity contribution in [1.29, 1.82) is 0 Å². The fourth-order valence-electron chi connectivity index (χ4n) is 4.16. The molecule has 0 radical (unpaired) electrons. The topological polar surface area (TPSA) is 26.8 Å². The summed E-state index contributed by atoms with van der Waals surface area (Å²) in [4.78, 5) is 18.3. The Morgan fingerprint density at radius 2 is 1.83 bits per heavy atom. The van der Waals surface area contributed by atoms with E-state index in [0.29, 0.717) is 12.0 Å². The number of rotatable bonds is 3. The van der Waals surface area contributed by atoms with Gasteiger partial charge in [-0.1, -0.05) is 25.1 Å². The van der Waals surface area contributed by atoms with E-state index >= 15 is 0 Å². The van der Waals surface area contributed by atoms with E-state index in [0.717, 1.165) is 44.8 Å². The fraction of sp³-hybridized carbons (Fsp3) is 0.632. The molecule has 24 heavy (non-hydrogen) atoms. The van der Waals surface area contributed by atoms with Crippen LogP contribution >= 0.6 is 0 Å². The Bertz CT molecular complexity index is 586. The molecule has 2 aliphatic heterocycles. The van der Waals surface area contributed by atoms with Gasteiger partial charge in [-0.15, -0.1) is 0 Å². The molecular weight excluding hydrogens is 305 g/mol. The van der Waals surface area contributed by atoms with Crippen molar-refractivity contribution in [2.24, 2.45) is 5.92 Å². The molecule has 4 nitrogen and oxygen atoms in total. The molecule has 2 heterocycles. The van der Waals surface area contributed by atoms with Crippen LogP contribution in [0.3, 0.4) is 0 Å². The number of piperazine rings is 1. The van der Waals surface area contributed by atoms with Gasteiger partial charge in [-0.05, 0) is 18.9 Å². The second kappa shape index (κ2) is 7.19. The van der Waals surface area contributed by atoms with E-state index in [9.17, 15) is 9.18 Å². The Labute approximate surface area is 144 Å². The third-order valence-corrected chi connectivity index (χ3v) is 5.73. The maximum Gasteiger partial charge on any atom is 0.219 e. The second-order valence-electron chi connectivity index (χ2n) is 7.24. The number of hydrogen-bond donors (Lipinski definition) is 0. The lowest BCUT2D eigenvalue weighted by Crippen LogP contribution is -2.53. The zero-order valence-electron chi connectivity index (χ0n) is 14.9. The molecule has 2 saturated heterocycles. The number of benzene rings is 1. The average molecular weight is 333 g/mol. The van der Waals surface area contributed by atoms with Crippen molar-refractivity contribution in [3.63, 3.8) is 0 Å². The van der Waals surface area contributed by atoms with Gasteiger partial charge in [0.25, 0.3) is 0 Å². The van der Waals surface area contributed by atoms with Gasteiger partial charge in [-0.3, -0.25) is 14.6 Å². The van der Waals surface area contributed by atoms with E-state index in [-0.39, 0.29) is 17.8 Å². The molecular formula is C19H28FN3O. The van der Waals surface area contributed by atoms with Crippen LogP contribution in [-0.4, -0.2) is 65.9 Å². The zero-order chi connectivity index (χ0) is 17.3. The molecule has 1 amide bonds. The summed E-state index contributed by atoms with van der Waals surface area (Å²) >= 11 is 0. The molecule has 0 saturated carbocycles. The summed E-state index contributed by atoms with van der Waals surface area (Å²) in [5.41, 5.74) is 0.784. The van der Waals surface area contributed by atoms with Gasteiger partial charge in [-0.2, -0.15) is 0 Å². The number of hydrogen-bond acceptors (Lipinski definition) is 3. The van der Waals surface area contributed by atoms with Crippen LogP contribution in [0.1, 0.15) is 32.4 Å². The normalized spacial score (nSPS) is 27.4. The molecule has 0 spiro atoms. The summed E-state index contributed by atoms with van der Waals surface area (Å²) in [6.45, 7) is 11.5. The van der Waals surface area contributed by atoms with Crippen molar-refractivity contribution in [1.82, 2.24) is 14.7 Å². The van der Waals surface area contributed by atoms with Crippen molar-refractivity contribution < 1.29 is 9.18 Å². The molecule has 0 bridgehead atoms. The highest BCUT2D eigenvalue weighted by Crippen LogP contribution is 2.31. The number of likely N-dealkylation sites (tertiary alicyclic amines) is 1. The van der Waals surface area contributed by atoms with E-state index in [1.54, 1.807) is 19.1 Å². The van der Waals surface area contributed by atoms with Gasteiger partial charge in [-0.25, -0.2) is 4.39 Å². The number of amides is 1. The van der Waals surface area contributed by atoms with Crippen LogP contribution in [-0.2, 0) is 4.79 Å². The highest BCUT2D eigenvalue weighted by Gasteiger charge is 2.37. The summed E-state index contributed by atoms with van der Waals surface area (Å²) in [5, 5.41) is 0. The molecule has 0 unspecified atom stereocenters. The average Bonchev–Trinajstić information content (AvgIpc) is 2.96. The maximum atomic E-state index is 14.1. The molecule has 3 rings (SSSR count). The summed E-state index contributed by atoms with van der Waals surface area (Å²) in [7, 11) is 0. The van der Waals surface area contributed by atoms with E-state index in [1.165, 1.54) is 0 Å². The molecule has 0 N–H and O–H groups in total. The minimum Gasteiger partial charge on any atom is -0.340 e. The smallest absolute Gasteiger partial charge is 0.219 e. The van der Waals surface area contributed by atoms with Crippen LogP contribution in [0.15, 0.2) is 24.3 Å². The third-order valence-electron chi connectivity index (χ3n) is 5.73. The number of carbonyl (C=O) groups excluding carboxylic acids is 1. The molecule has 0 aromatic heterocycles. The highest BCUT2D eigenvalue weighted by atomic mass is 19.1. The SMILES string of the molecule is CC(=O)N1CCN([C@@H]2CN([C@@H](C)c3ccccc3F)C[C@H]2C)CC1. The van der Waals surface area contributed by atoms with Gasteiger partial charge in [0.2, 0.25) is 5.91 Å². The van der Waals surface area contributed by atoms with E-state index in [1.807, 2.05) is 17.0 Å². The van der Waals surface area contributed by atoms with Crippen LogP contribution in [0.5, 0.6) is 0 Å². The van der Waals surface area contributed by atoms with Gasteiger partial charge >= 0.3 is 0 Å². The Morgan fingerprint density at radius 3 is 2.46 bits per heavy atom. The lowest BCUT2D eigenvalue weighted by Gasteiger charge is -2.39. The molecule has 1 aromatic rings. The van der Waals surface area contributed by atoms with Crippen molar-refractivity contribution in [3.05, 3.63) is 35.6 Å². The highest BCUT2D eigenvalue weighted by molar-refractivity contribution is 5.73. The number of carbonyl (C=O) groups is 1. The van der Waals surface area contributed by atoms with Gasteiger partial charge in [0, 0.05) is 63.8 Å². The molecule has 1 aromatic carbocycles. The first-order chi connectivity index (χ1) is 11.5. The van der Waals surface area contributed by atoms with Gasteiger partial charge in [0.15, 0.2) is 0 Å². The maximum absolute atomic E-state index is 14.1. The molecule has 5 heteroatoms. The molecule has 2 aliphatic rings. The summed E-state index contributed by atoms with van der Waals surface area (Å²) in [6, 6.07) is 7.68. The monoisotopic (exact) mass is 333 g/mol. The van der Waals surface area contributed by atoms with Crippen molar-refractivity contribution in [2.45, 2.75) is 32.9 Å². The molecule has 2 fully saturated rings. The summed E-state index contributed by atoms with van der Waals surface area (Å²) in [6.07, 6.45) is 0. The predicted molar refractivity (Wildman–Crippen MR) is 93.2 cm³/mol. The zero-order valence-corrected chi connectivity index (χ0v) is 14.9. The van der Waals surface area contributed by atoms with Crippen molar-refractivity contribution in [3.8, 4) is 0 Å². The Kier molecular flexibility index (Phi) is 5.21. The molecule has 0 aliphatic carbocycles. The van der Waals surface area contributed by atoms with Gasteiger partial charge in [0.1, 0.15) is 5.82 Å². The van der Waals surface area contributed by atoms with Crippen LogP contribution in [0.2, 0.25) is 0 Å². The Morgan fingerprint density at radius 1 is 1.17 bits per heavy atom. The summed E-state index contributed by atoms with van der Waals surface area (Å²) < 4.78 is 14.1. The lowest BCUT2D eigenvalue weighted by molar-refractivity contribution is -0.130. The summed E-state index contributed by atoms with van der Waals surface area (Å²) in [5.74, 6) is 0.614. The minimum atomic E-state index is -0.115. The molecule has 132 valence electrons. The third kappa shape index (κ3) is 3.47. The predicted octanol–water partition coefficient (Wildman–Crippen LogP) is 2.37. The Hall–Kier alpha value is -1.46. The number of nitrogens with zero attached hydrogens (tertiary/aromatic N) is 3. The molecule has 3 atom stereocenters. The van der Waals surface area contributed by atoms with E-state index < -0.39 is 0 Å².